The molecule has 0 spiro atoms. The summed E-state index contributed by atoms with van der Waals surface area (Å²) in [4.78, 5) is 13.3. The molecule has 2 aliphatic rings. The van der Waals surface area contributed by atoms with E-state index in [1.165, 1.54) is 39.5 Å². The Morgan fingerprint density at radius 2 is 1.73 bits per heavy atom. The molecule has 0 saturated carbocycles. The number of amides is 1. The Morgan fingerprint density at radius 1 is 1.00 bits per heavy atom. The minimum Gasteiger partial charge on any atom is -0.492 e. The first-order valence-electron chi connectivity index (χ1n) is 10.8. The molecule has 33 heavy (non-hydrogen) atoms. The van der Waals surface area contributed by atoms with E-state index in [1.807, 2.05) is 0 Å². The summed E-state index contributed by atoms with van der Waals surface area (Å²) in [6, 6.07) is 8.74. The first kappa shape index (κ1) is 23.5. The van der Waals surface area contributed by atoms with Crippen molar-refractivity contribution >= 4 is 37.3 Å². The van der Waals surface area contributed by atoms with Crippen LogP contribution in [0.1, 0.15) is 31.7 Å². The molecule has 0 unspecified atom stereocenters. The number of likely N-dealkylation sites (N-methyl/N-ethyl adjacent to an activating group) is 1. The normalized spacial score (nSPS) is 17.2. The number of hydrogen-bond acceptors (Lipinski definition) is 6. The number of fused-ring (bicyclic) bond motifs is 1. The van der Waals surface area contributed by atoms with Gasteiger partial charge in [0.25, 0.3) is 10.0 Å². The number of rotatable bonds is 7. The van der Waals surface area contributed by atoms with E-state index in [-0.39, 0.29) is 40.2 Å². The zero-order valence-electron chi connectivity index (χ0n) is 18.6. The van der Waals surface area contributed by atoms with E-state index in [1.54, 1.807) is 20.0 Å². The molecule has 2 heterocycles. The molecule has 1 amide bonds. The summed E-state index contributed by atoms with van der Waals surface area (Å²) in [5.74, 6) is 0.0803. The van der Waals surface area contributed by atoms with E-state index in [0.29, 0.717) is 24.3 Å². The third-order valence-electron chi connectivity index (χ3n) is 5.87. The van der Waals surface area contributed by atoms with E-state index in [2.05, 4.69) is 4.72 Å². The van der Waals surface area contributed by atoms with Gasteiger partial charge in [0, 0.05) is 25.8 Å². The molecule has 4 rings (SSSR count). The van der Waals surface area contributed by atoms with E-state index in [4.69, 9.17) is 4.74 Å². The molecule has 1 saturated heterocycles. The topological polar surface area (TPSA) is 113 Å². The van der Waals surface area contributed by atoms with Crippen LogP contribution in [0.15, 0.2) is 46.2 Å². The smallest absolute Gasteiger partial charge is 0.261 e. The number of piperidine rings is 1. The van der Waals surface area contributed by atoms with Gasteiger partial charge in [-0.25, -0.2) is 16.8 Å². The van der Waals surface area contributed by atoms with Gasteiger partial charge in [0.1, 0.15) is 10.6 Å². The van der Waals surface area contributed by atoms with Crippen LogP contribution >= 0.6 is 0 Å². The summed E-state index contributed by atoms with van der Waals surface area (Å²) < 4.78 is 62.1. The third kappa shape index (κ3) is 4.57. The van der Waals surface area contributed by atoms with Gasteiger partial charge < -0.3 is 9.64 Å². The summed E-state index contributed by atoms with van der Waals surface area (Å²) in [7, 11) is -6.21. The van der Waals surface area contributed by atoms with Crippen LogP contribution in [-0.4, -0.2) is 53.8 Å². The molecule has 1 N–H and O–H groups in total. The van der Waals surface area contributed by atoms with E-state index in [9.17, 15) is 21.6 Å². The molecular weight excluding hydrogens is 466 g/mol. The van der Waals surface area contributed by atoms with Gasteiger partial charge in [-0.2, -0.15) is 4.31 Å². The lowest BCUT2D eigenvalue weighted by Gasteiger charge is -2.27. The maximum Gasteiger partial charge on any atom is 0.261 e. The van der Waals surface area contributed by atoms with Crippen LogP contribution in [0.5, 0.6) is 5.75 Å². The van der Waals surface area contributed by atoms with Gasteiger partial charge in [0.15, 0.2) is 0 Å². The SMILES string of the molecule is CCOc1ccc(NS(=O)(=O)c2ccc3c(c2)CC(=O)N3C)cc1S(=O)(=O)N1CCCCC1. The number of carbonyl (C=O) groups excluding carboxylic acids is 1. The van der Waals surface area contributed by atoms with Gasteiger partial charge in [-0.05, 0) is 61.7 Å². The number of hydrogen-bond donors (Lipinski definition) is 1. The summed E-state index contributed by atoms with van der Waals surface area (Å²) in [5.41, 5.74) is 1.42. The molecular formula is C22H27N3O6S2. The number of anilines is 2. The van der Waals surface area contributed by atoms with Gasteiger partial charge in [0.05, 0.1) is 23.6 Å². The van der Waals surface area contributed by atoms with Crippen LogP contribution in [0.3, 0.4) is 0 Å². The highest BCUT2D eigenvalue weighted by Crippen LogP contribution is 2.33. The molecule has 178 valence electrons. The fourth-order valence-electron chi connectivity index (χ4n) is 4.12. The zero-order chi connectivity index (χ0) is 23.8. The number of ether oxygens (including phenoxy) is 1. The molecule has 9 nitrogen and oxygen atoms in total. The maximum atomic E-state index is 13.3. The van der Waals surface area contributed by atoms with Crippen molar-refractivity contribution in [3.63, 3.8) is 0 Å². The van der Waals surface area contributed by atoms with Gasteiger partial charge in [-0.1, -0.05) is 6.42 Å². The predicted octanol–water partition coefficient (Wildman–Crippen LogP) is 2.58. The van der Waals surface area contributed by atoms with Gasteiger partial charge in [-0.3, -0.25) is 9.52 Å². The average molecular weight is 494 g/mol. The Balaban J connectivity index is 1.67. The summed E-state index contributed by atoms with van der Waals surface area (Å²) in [6.07, 6.45) is 2.68. The molecule has 0 radical (unpaired) electrons. The molecule has 2 aromatic carbocycles. The summed E-state index contributed by atoms with van der Waals surface area (Å²) >= 11 is 0. The summed E-state index contributed by atoms with van der Waals surface area (Å²) in [6.45, 7) is 2.87. The third-order valence-corrected chi connectivity index (χ3v) is 9.17. The minimum atomic E-state index is -4.01. The Kier molecular flexibility index (Phi) is 6.39. The lowest BCUT2D eigenvalue weighted by atomic mass is 10.2. The molecule has 0 aliphatic carbocycles. The first-order valence-corrected chi connectivity index (χ1v) is 13.7. The van der Waals surface area contributed by atoms with Crippen molar-refractivity contribution in [3.05, 3.63) is 42.0 Å². The largest absolute Gasteiger partial charge is 0.492 e. The van der Waals surface area contributed by atoms with E-state index in [0.717, 1.165) is 19.3 Å². The fourth-order valence-corrected chi connectivity index (χ4v) is 6.89. The van der Waals surface area contributed by atoms with Crippen molar-refractivity contribution in [2.24, 2.45) is 0 Å². The quantitative estimate of drug-likeness (QED) is 0.634. The van der Waals surface area contributed by atoms with Gasteiger partial charge in [0.2, 0.25) is 15.9 Å². The Morgan fingerprint density at radius 3 is 2.42 bits per heavy atom. The van der Waals surface area contributed by atoms with Crippen LogP contribution < -0.4 is 14.4 Å². The molecule has 11 heteroatoms. The monoisotopic (exact) mass is 493 g/mol. The van der Waals surface area contributed by atoms with E-state index < -0.39 is 20.0 Å². The maximum absolute atomic E-state index is 13.3. The average Bonchev–Trinajstić information content (AvgIpc) is 3.08. The van der Waals surface area contributed by atoms with Crippen molar-refractivity contribution in [1.82, 2.24) is 4.31 Å². The minimum absolute atomic E-state index is 0.00123. The molecule has 0 atom stereocenters. The lowest BCUT2D eigenvalue weighted by Crippen LogP contribution is -2.35. The highest BCUT2D eigenvalue weighted by molar-refractivity contribution is 7.92. The predicted molar refractivity (Wildman–Crippen MR) is 125 cm³/mol. The molecule has 0 bridgehead atoms. The van der Waals surface area contributed by atoms with Gasteiger partial charge >= 0.3 is 0 Å². The van der Waals surface area contributed by atoms with Crippen LogP contribution in [0.4, 0.5) is 11.4 Å². The Hall–Kier alpha value is -2.63. The standard InChI is InChI=1S/C22H27N3O6S2/c1-3-31-20-10-7-17(15-21(20)33(29,30)25-11-5-4-6-12-25)23-32(27,28)18-8-9-19-16(13-18)14-22(26)24(19)2/h7-10,13,15,23H,3-6,11-12,14H2,1-2H3. The highest BCUT2D eigenvalue weighted by atomic mass is 32.2. The zero-order valence-corrected chi connectivity index (χ0v) is 20.2. The Labute approximate surface area is 194 Å². The molecule has 2 aliphatic heterocycles. The van der Waals surface area contributed by atoms with Crippen molar-refractivity contribution in [3.8, 4) is 5.75 Å². The highest BCUT2D eigenvalue weighted by Gasteiger charge is 2.30. The number of nitrogens with one attached hydrogen (secondary N) is 1. The first-order chi connectivity index (χ1) is 15.6. The van der Waals surface area contributed by atoms with Crippen LogP contribution in [0, 0.1) is 0 Å². The van der Waals surface area contributed by atoms with Gasteiger partial charge in [-0.15, -0.1) is 0 Å². The van der Waals surface area contributed by atoms with Crippen LogP contribution in [0.25, 0.3) is 0 Å². The molecule has 2 aromatic rings. The van der Waals surface area contributed by atoms with Crippen molar-refractivity contribution in [2.45, 2.75) is 42.4 Å². The molecule has 1 fully saturated rings. The second-order valence-corrected chi connectivity index (χ2v) is 11.7. The molecule has 0 aromatic heterocycles. The second-order valence-electron chi connectivity index (χ2n) is 8.08. The van der Waals surface area contributed by atoms with Crippen LogP contribution in [0.2, 0.25) is 0 Å². The number of sulfonamides is 2. The number of benzene rings is 2. The Bertz CT molecular complexity index is 1290. The number of nitrogens with zero attached hydrogens (tertiary/aromatic N) is 2. The lowest BCUT2D eigenvalue weighted by molar-refractivity contribution is -0.117. The second kappa shape index (κ2) is 8.96. The van der Waals surface area contributed by atoms with E-state index >= 15 is 0 Å². The summed E-state index contributed by atoms with van der Waals surface area (Å²) in [5, 5.41) is 0. The number of carbonyl (C=O) groups is 1. The van der Waals surface area contributed by atoms with Crippen molar-refractivity contribution in [2.75, 3.05) is 36.4 Å². The van der Waals surface area contributed by atoms with Crippen molar-refractivity contribution in [1.29, 1.82) is 0 Å². The van der Waals surface area contributed by atoms with Crippen molar-refractivity contribution < 1.29 is 26.4 Å². The fraction of sp³-hybridized carbons (Fsp3) is 0.409. The van der Waals surface area contributed by atoms with Crippen LogP contribution in [-0.2, 0) is 31.3 Å².